The Hall–Kier alpha value is -2.07. The SMILES string of the molecule is COc1ccc(CN(C)c2ncccc2C(C)O)cc1. The normalized spacial score (nSPS) is 12.0. The molecule has 0 aliphatic heterocycles. The van der Waals surface area contributed by atoms with Gasteiger partial charge in [0, 0.05) is 25.4 Å². The highest BCUT2D eigenvalue weighted by molar-refractivity contribution is 5.47. The van der Waals surface area contributed by atoms with Crippen LogP contribution in [0, 0.1) is 0 Å². The number of rotatable bonds is 5. The zero-order valence-electron chi connectivity index (χ0n) is 12.1. The second-order valence-electron chi connectivity index (χ2n) is 4.80. The van der Waals surface area contributed by atoms with Crippen LogP contribution < -0.4 is 9.64 Å². The third-order valence-corrected chi connectivity index (χ3v) is 3.21. The van der Waals surface area contributed by atoms with E-state index >= 15 is 0 Å². The molecule has 0 bridgehead atoms. The first-order valence-electron chi connectivity index (χ1n) is 6.59. The van der Waals surface area contributed by atoms with Gasteiger partial charge in [0.25, 0.3) is 0 Å². The molecule has 0 radical (unpaired) electrons. The van der Waals surface area contributed by atoms with Crippen LogP contribution in [-0.4, -0.2) is 24.2 Å². The highest BCUT2D eigenvalue weighted by Crippen LogP contribution is 2.24. The van der Waals surface area contributed by atoms with Crippen molar-refractivity contribution in [3.63, 3.8) is 0 Å². The Balaban J connectivity index is 2.17. The third kappa shape index (κ3) is 3.27. The molecule has 4 heteroatoms. The number of methoxy groups -OCH3 is 1. The average molecular weight is 272 g/mol. The van der Waals surface area contributed by atoms with Crippen LogP contribution in [0.4, 0.5) is 5.82 Å². The number of ether oxygens (including phenoxy) is 1. The second kappa shape index (κ2) is 6.39. The molecule has 1 aromatic heterocycles. The van der Waals surface area contributed by atoms with Gasteiger partial charge < -0.3 is 14.7 Å². The molecule has 0 aliphatic carbocycles. The molecule has 0 spiro atoms. The van der Waals surface area contributed by atoms with Gasteiger partial charge in [-0.15, -0.1) is 0 Å². The van der Waals surface area contributed by atoms with E-state index in [1.807, 2.05) is 48.3 Å². The summed E-state index contributed by atoms with van der Waals surface area (Å²) in [6, 6.07) is 11.7. The van der Waals surface area contributed by atoms with E-state index in [4.69, 9.17) is 4.74 Å². The first kappa shape index (κ1) is 14.3. The van der Waals surface area contributed by atoms with Gasteiger partial charge in [0.2, 0.25) is 0 Å². The van der Waals surface area contributed by atoms with Gasteiger partial charge in [-0.2, -0.15) is 0 Å². The maximum atomic E-state index is 9.80. The topological polar surface area (TPSA) is 45.6 Å². The maximum absolute atomic E-state index is 9.80. The van der Waals surface area contributed by atoms with E-state index < -0.39 is 6.10 Å². The van der Waals surface area contributed by atoms with Crippen molar-refractivity contribution in [1.29, 1.82) is 0 Å². The molecule has 4 nitrogen and oxygen atoms in total. The summed E-state index contributed by atoms with van der Waals surface area (Å²) in [5.74, 6) is 1.65. The number of aliphatic hydroxyl groups excluding tert-OH is 1. The zero-order chi connectivity index (χ0) is 14.5. The maximum Gasteiger partial charge on any atom is 0.134 e. The molecule has 0 fully saturated rings. The predicted molar refractivity (Wildman–Crippen MR) is 80.0 cm³/mol. The molecule has 1 atom stereocenters. The third-order valence-electron chi connectivity index (χ3n) is 3.21. The standard InChI is InChI=1S/C16H20N2O2/c1-12(19)15-5-4-10-17-16(15)18(2)11-13-6-8-14(20-3)9-7-13/h4-10,12,19H,11H2,1-3H3. The van der Waals surface area contributed by atoms with E-state index in [0.717, 1.165) is 29.2 Å². The fourth-order valence-electron chi connectivity index (χ4n) is 2.13. The Morgan fingerprint density at radius 2 is 1.95 bits per heavy atom. The van der Waals surface area contributed by atoms with Crippen molar-refractivity contribution in [3.8, 4) is 5.75 Å². The lowest BCUT2D eigenvalue weighted by Crippen LogP contribution is -2.20. The molecule has 0 aliphatic rings. The van der Waals surface area contributed by atoms with Crippen molar-refractivity contribution in [3.05, 3.63) is 53.7 Å². The summed E-state index contributed by atoms with van der Waals surface area (Å²) in [5.41, 5.74) is 2.00. The van der Waals surface area contributed by atoms with Crippen molar-refractivity contribution in [2.75, 3.05) is 19.1 Å². The van der Waals surface area contributed by atoms with Crippen LogP contribution in [0.3, 0.4) is 0 Å². The van der Waals surface area contributed by atoms with E-state index in [2.05, 4.69) is 4.98 Å². The van der Waals surface area contributed by atoms with Crippen LogP contribution in [0.1, 0.15) is 24.2 Å². The van der Waals surface area contributed by atoms with E-state index in [9.17, 15) is 5.11 Å². The number of nitrogens with zero attached hydrogens (tertiary/aromatic N) is 2. The van der Waals surface area contributed by atoms with Crippen LogP contribution >= 0.6 is 0 Å². The van der Waals surface area contributed by atoms with E-state index in [1.165, 1.54) is 0 Å². The average Bonchev–Trinajstić information content (AvgIpc) is 2.48. The smallest absolute Gasteiger partial charge is 0.134 e. The second-order valence-corrected chi connectivity index (χ2v) is 4.80. The van der Waals surface area contributed by atoms with Gasteiger partial charge in [0.15, 0.2) is 0 Å². The molecule has 1 unspecified atom stereocenters. The van der Waals surface area contributed by atoms with Crippen molar-refractivity contribution in [1.82, 2.24) is 4.98 Å². The molecule has 106 valence electrons. The molecule has 20 heavy (non-hydrogen) atoms. The molecular formula is C16H20N2O2. The Labute approximate surface area is 119 Å². The minimum atomic E-state index is -0.531. The summed E-state index contributed by atoms with van der Waals surface area (Å²) in [6.07, 6.45) is 1.21. The first-order valence-corrected chi connectivity index (χ1v) is 6.59. The highest BCUT2D eigenvalue weighted by atomic mass is 16.5. The minimum Gasteiger partial charge on any atom is -0.497 e. The minimum absolute atomic E-state index is 0.531. The molecule has 1 heterocycles. The predicted octanol–water partition coefficient (Wildman–Crippen LogP) is 2.78. The molecule has 2 rings (SSSR count). The lowest BCUT2D eigenvalue weighted by atomic mass is 10.1. The summed E-state index contributed by atoms with van der Waals surface area (Å²) in [4.78, 5) is 6.40. The molecule has 0 amide bonds. The number of benzene rings is 1. The van der Waals surface area contributed by atoms with Gasteiger partial charge in [-0.05, 0) is 30.7 Å². The largest absolute Gasteiger partial charge is 0.497 e. The Morgan fingerprint density at radius 3 is 2.55 bits per heavy atom. The van der Waals surface area contributed by atoms with Gasteiger partial charge in [-0.25, -0.2) is 4.98 Å². The molecule has 1 aromatic carbocycles. The Morgan fingerprint density at radius 1 is 1.25 bits per heavy atom. The molecule has 0 saturated carbocycles. The number of aliphatic hydroxyl groups is 1. The van der Waals surface area contributed by atoms with Gasteiger partial charge in [0.1, 0.15) is 11.6 Å². The monoisotopic (exact) mass is 272 g/mol. The number of aromatic nitrogens is 1. The highest BCUT2D eigenvalue weighted by Gasteiger charge is 2.12. The van der Waals surface area contributed by atoms with Crippen LogP contribution in [-0.2, 0) is 6.54 Å². The fraction of sp³-hybridized carbons (Fsp3) is 0.312. The van der Waals surface area contributed by atoms with E-state index in [1.54, 1.807) is 20.2 Å². The lowest BCUT2D eigenvalue weighted by Gasteiger charge is -2.22. The zero-order valence-corrected chi connectivity index (χ0v) is 12.1. The van der Waals surface area contributed by atoms with Crippen LogP contribution in [0.2, 0.25) is 0 Å². The van der Waals surface area contributed by atoms with Crippen LogP contribution in [0.25, 0.3) is 0 Å². The quantitative estimate of drug-likeness (QED) is 0.909. The Bertz CT molecular complexity index is 553. The molecule has 2 aromatic rings. The van der Waals surface area contributed by atoms with E-state index in [-0.39, 0.29) is 0 Å². The van der Waals surface area contributed by atoms with Crippen LogP contribution in [0.5, 0.6) is 5.75 Å². The number of pyridine rings is 1. The molecule has 0 saturated heterocycles. The van der Waals surface area contributed by atoms with Gasteiger partial charge in [-0.3, -0.25) is 0 Å². The summed E-state index contributed by atoms with van der Waals surface area (Å²) >= 11 is 0. The Kier molecular flexibility index (Phi) is 4.58. The lowest BCUT2D eigenvalue weighted by molar-refractivity contribution is 0.199. The number of hydrogen-bond donors (Lipinski definition) is 1. The van der Waals surface area contributed by atoms with Crippen molar-refractivity contribution in [2.24, 2.45) is 0 Å². The van der Waals surface area contributed by atoms with Gasteiger partial charge in [0.05, 0.1) is 13.2 Å². The van der Waals surface area contributed by atoms with Crippen molar-refractivity contribution >= 4 is 5.82 Å². The van der Waals surface area contributed by atoms with Gasteiger partial charge in [-0.1, -0.05) is 18.2 Å². The summed E-state index contributed by atoms with van der Waals surface area (Å²) in [7, 11) is 3.63. The van der Waals surface area contributed by atoms with E-state index in [0.29, 0.717) is 0 Å². The molecular weight excluding hydrogens is 252 g/mol. The summed E-state index contributed by atoms with van der Waals surface area (Å²) in [5, 5.41) is 9.80. The number of hydrogen-bond acceptors (Lipinski definition) is 4. The fourth-order valence-corrected chi connectivity index (χ4v) is 2.13. The summed E-state index contributed by atoms with van der Waals surface area (Å²) < 4.78 is 5.15. The number of anilines is 1. The van der Waals surface area contributed by atoms with Crippen molar-refractivity contribution < 1.29 is 9.84 Å². The summed E-state index contributed by atoms with van der Waals surface area (Å²) in [6.45, 7) is 2.47. The van der Waals surface area contributed by atoms with Crippen LogP contribution in [0.15, 0.2) is 42.6 Å². The first-order chi connectivity index (χ1) is 9.61. The van der Waals surface area contributed by atoms with Crippen molar-refractivity contribution in [2.45, 2.75) is 19.6 Å². The van der Waals surface area contributed by atoms with Gasteiger partial charge >= 0.3 is 0 Å². The molecule has 1 N–H and O–H groups in total.